The summed E-state index contributed by atoms with van der Waals surface area (Å²) in [6, 6.07) is 13.9. The van der Waals surface area contributed by atoms with Crippen LogP contribution in [0.25, 0.3) is 6.08 Å². The number of hydrogen-bond acceptors (Lipinski definition) is 3. The highest BCUT2D eigenvalue weighted by atomic mass is 32.2. The first kappa shape index (κ1) is 22.3. The zero-order valence-corrected chi connectivity index (χ0v) is 16.2. The largest absolute Gasteiger partial charge is 0.477 e. The van der Waals surface area contributed by atoms with Gasteiger partial charge in [0.2, 0.25) is 5.91 Å². The van der Waals surface area contributed by atoms with E-state index in [2.05, 4.69) is 5.32 Å². The Hall–Kier alpha value is -3.00. The first-order valence-electron chi connectivity index (χ1n) is 8.44. The molecule has 0 aliphatic heterocycles. The van der Waals surface area contributed by atoms with Crippen LogP contribution >= 0.6 is 11.8 Å². The Morgan fingerprint density at radius 3 is 2.31 bits per heavy atom. The van der Waals surface area contributed by atoms with E-state index in [-0.39, 0.29) is 16.3 Å². The highest BCUT2D eigenvalue weighted by Crippen LogP contribution is 2.34. The number of anilines is 1. The Morgan fingerprint density at radius 1 is 1.07 bits per heavy atom. The average Bonchev–Trinajstić information content (AvgIpc) is 2.65. The Bertz CT molecular complexity index is 938. The molecule has 2 aromatic rings. The SMILES string of the molecule is CC(=C\c1ccccc1)/C=C(/SCC(=O)Nc1ccccc1C(F)(F)F)C(=O)O. The van der Waals surface area contributed by atoms with Crippen molar-refractivity contribution in [3.8, 4) is 0 Å². The number of nitrogens with one attached hydrogen (secondary N) is 1. The molecule has 2 N–H and O–H groups in total. The summed E-state index contributed by atoms with van der Waals surface area (Å²) >= 11 is 0.737. The van der Waals surface area contributed by atoms with Crippen LogP contribution in [0.1, 0.15) is 18.1 Å². The number of alkyl halides is 3. The first-order chi connectivity index (χ1) is 13.7. The number of carboxylic acid groups (broad SMARTS) is 1. The van der Waals surface area contributed by atoms with Crippen LogP contribution in [-0.2, 0) is 15.8 Å². The second-order valence-electron chi connectivity index (χ2n) is 5.99. The normalized spacial score (nSPS) is 12.6. The number of benzene rings is 2. The molecule has 0 atom stereocenters. The number of thioether (sulfide) groups is 1. The van der Waals surface area contributed by atoms with E-state index >= 15 is 0 Å². The van der Waals surface area contributed by atoms with Gasteiger partial charge in [-0.3, -0.25) is 4.79 Å². The number of carbonyl (C=O) groups excluding carboxylic acids is 1. The second-order valence-corrected chi connectivity index (χ2v) is 7.01. The fourth-order valence-corrected chi connectivity index (χ4v) is 3.15. The van der Waals surface area contributed by atoms with Crippen LogP contribution in [0.3, 0.4) is 0 Å². The molecule has 0 spiro atoms. The summed E-state index contributed by atoms with van der Waals surface area (Å²) in [6.07, 6.45) is -1.41. The number of hydrogen-bond donors (Lipinski definition) is 2. The standard InChI is InChI=1S/C21H18F3NO3S/c1-14(11-15-7-3-2-4-8-15)12-18(20(27)28)29-13-19(26)25-17-10-6-5-9-16(17)21(22,23)24/h2-12H,13H2,1H3,(H,25,26)(H,27,28)/b14-11+,18-12+. The molecule has 0 radical (unpaired) electrons. The summed E-state index contributed by atoms with van der Waals surface area (Å²) < 4.78 is 39.0. The van der Waals surface area contributed by atoms with Crippen molar-refractivity contribution in [3.05, 3.63) is 82.3 Å². The maximum atomic E-state index is 13.0. The molecule has 0 unspecified atom stereocenters. The van der Waals surface area contributed by atoms with E-state index in [9.17, 15) is 27.9 Å². The number of rotatable bonds is 7. The predicted molar refractivity (Wildman–Crippen MR) is 108 cm³/mol. The molecule has 0 saturated heterocycles. The summed E-state index contributed by atoms with van der Waals surface area (Å²) in [4.78, 5) is 23.4. The van der Waals surface area contributed by atoms with E-state index in [1.165, 1.54) is 18.2 Å². The van der Waals surface area contributed by atoms with E-state index in [0.29, 0.717) is 5.57 Å². The lowest BCUT2D eigenvalue weighted by Crippen LogP contribution is -2.18. The summed E-state index contributed by atoms with van der Waals surface area (Å²) in [5.41, 5.74) is 0.210. The number of amides is 1. The monoisotopic (exact) mass is 421 g/mol. The van der Waals surface area contributed by atoms with Crippen molar-refractivity contribution in [2.75, 3.05) is 11.1 Å². The molecule has 0 aliphatic carbocycles. The second kappa shape index (κ2) is 9.97. The van der Waals surface area contributed by atoms with Gasteiger partial charge in [0.25, 0.3) is 0 Å². The number of carboxylic acids is 1. The molecule has 0 aliphatic rings. The number of aliphatic carboxylic acids is 1. The van der Waals surface area contributed by atoms with Crippen molar-refractivity contribution in [3.63, 3.8) is 0 Å². The van der Waals surface area contributed by atoms with Crippen LogP contribution in [0.5, 0.6) is 0 Å². The summed E-state index contributed by atoms with van der Waals surface area (Å²) in [5.74, 6) is -2.30. The van der Waals surface area contributed by atoms with E-state index in [0.717, 1.165) is 29.5 Å². The lowest BCUT2D eigenvalue weighted by Gasteiger charge is -2.13. The minimum Gasteiger partial charge on any atom is -0.477 e. The molecule has 8 heteroatoms. The highest BCUT2D eigenvalue weighted by molar-refractivity contribution is 8.04. The molecule has 4 nitrogen and oxygen atoms in total. The predicted octanol–water partition coefficient (Wildman–Crippen LogP) is 5.45. The molecule has 0 heterocycles. The van der Waals surface area contributed by atoms with Gasteiger partial charge < -0.3 is 10.4 Å². The maximum absolute atomic E-state index is 13.0. The molecule has 2 aromatic carbocycles. The van der Waals surface area contributed by atoms with Crippen molar-refractivity contribution in [2.24, 2.45) is 0 Å². The highest BCUT2D eigenvalue weighted by Gasteiger charge is 2.33. The van der Waals surface area contributed by atoms with Gasteiger partial charge in [0.05, 0.1) is 21.9 Å². The Balaban J connectivity index is 2.07. The Labute approximate surface area is 170 Å². The quantitative estimate of drug-likeness (QED) is 0.461. The number of para-hydroxylation sites is 1. The maximum Gasteiger partial charge on any atom is 0.418 e. The van der Waals surface area contributed by atoms with E-state index in [1.54, 1.807) is 13.0 Å². The van der Waals surface area contributed by atoms with Gasteiger partial charge in [0.15, 0.2) is 0 Å². The summed E-state index contributed by atoms with van der Waals surface area (Å²) in [6.45, 7) is 1.72. The van der Waals surface area contributed by atoms with Crippen LogP contribution in [-0.4, -0.2) is 22.7 Å². The lowest BCUT2D eigenvalue weighted by atomic mass is 10.1. The topological polar surface area (TPSA) is 66.4 Å². The molecule has 0 fully saturated rings. The van der Waals surface area contributed by atoms with Gasteiger partial charge in [-0.05, 0) is 36.3 Å². The van der Waals surface area contributed by atoms with Crippen LogP contribution in [0.2, 0.25) is 0 Å². The smallest absolute Gasteiger partial charge is 0.418 e. The summed E-state index contributed by atoms with van der Waals surface area (Å²) in [7, 11) is 0. The molecular formula is C21H18F3NO3S. The third kappa shape index (κ3) is 7.15. The third-order valence-electron chi connectivity index (χ3n) is 3.63. The minimum absolute atomic E-state index is 0.0889. The number of allylic oxidation sites excluding steroid dienone is 2. The van der Waals surface area contributed by atoms with Gasteiger partial charge in [0.1, 0.15) is 0 Å². The Kier molecular flexibility index (Phi) is 7.67. The van der Waals surface area contributed by atoms with Crippen molar-refractivity contribution >= 4 is 35.4 Å². The molecular weight excluding hydrogens is 403 g/mol. The van der Waals surface area contributed by atoms with E-state index < -0.39 is 23.6 Å². The Morgan fingerprint density at radius 2 is 1.69 bits per heavy atom. The number of carbonyl (C=O) groups is 2. The van der Waals surface area contributed by atoms with Crippen LogP contribution in [0, 0.1) is 0 Å². The number of halogens is 3. The van der Waals surface area contributed by atoms with Gasteiger partial charge >= 0.3 is 12.1 Å². The van der Waals surface area contributed by atoms with Crippen LogP contribution < -0.4 is 5.32 Å². The summed E-state index contributed by atoms with van der Waals surface area (Å²) in [5, 5.41) is 11.5. The fourth-order valence-electron chi connectivity index (χ4n) is 2.39. The zero-order valence-electron chi connectivity index (χ0n) is 15.4. The lowest BCUT2D eigenvalue weighted by molar-refractivity contribution is -0.137. The molecule has 0 aromatic heterocycles. The van der Waals surface area contributed by atoms with Crippen molar-refractivity contribution in [2.45, 2.75) is 13.1 Å². The molecule has 2 rings (SSSR count). The van der Waals surface area contributed by atoms with Gasteiger partial charge in [-0.2, -0.15) is 13.2 Å². The van der Waals surface area contributed by atoms with Crippen molar-refractivity contribution in [1.29, 1.82) is 0 Å². The van der Waals surface area contributed by atoms with Crippen molar-refractivity contribution < 1.29 is 27.9 Å². The van der Waals surface area contributed by atoms with Gasteiger partial charge in [-0.15, -0.1) is 11.8 Å². The van der Waals surface area contributed by atoms with Crippen molar-refractivity contribution in [1.82, 2.24) is 0 Å². The van der Waals surface area contributed by atoms with Crippen LogP contribution in [0.4, 0.5) is 18.9 Å². The molecule has 0 saturated carbocycles. The van der Waals surface area contributed by atoms with E-state index in [1.807, 2.05) is 30.3 Å². The zero-order chi connectivity index (χ0) is 21.4. The minimum atomic E-state index is -4.61. The average molecular weight is 421 g/mol. The van der Waals surface area contributed by atoms with Gasteiger partial charge in [-0.25, -0.2) is 4.79 Å². The fraction of sp³-hybridized carbons (Fsp3) is 0.143. The molecule has 29 heavy (non-hydrogen) atoms. The molecule has 0 bridgehead atoms. The molecule has 152 valence electrons. The van der Waals surface area contributed by atoms with E-state index in [4.69, 9.17) is 0 Å². The van der Waals surface area contributed by atoms with Gasteiger partial charge in [0, 0.05) is 0 Å². The first-order valence-corrected chi connectivity index (χ1v) is 9.42. The van der Waals surface area contributed by atoms with Gasteiger partial charge in [-0.1, -0.05) is 48.5 Å². The molecule has 1 amide bonds. The van der Waals surface area contributed by atoms with Crippen LogP contribution in [0.15, 0.2) is 71.2 Å². The third-order valence-corrected chi connectivity index (χ3v) is 4.64.